The normalized spacial score (nSPS) is 13.2. The highest BCUT2D eigenvalue weighted by atomic mass is 16.6. The lowest BCUT2D eigenvalue weighted by molar-refractivity contribution is -0.167. The van der Waals surface area contributed by atoms with Crippen LogP contribution in [-0.2, 0) is 28.6 Å². The van der Waals surface area contributed by atoms with Crippen LogP contribution in [0.15, 0.2) is 158 Å². The van der Waals surface area contributed by atoms with Crippen LogP contribution in [0.1, 0.15) is 258 Å². The quantitative estimate of drug-likeness (QED) is 0.0261. The Hall–Kier alpha value is -4.97. The molecule has 0 bridgehead atoms. The molecule has 0 aromatic heterocycles. The highest BCUT2D eigenvalue weighted by molar-refractivity contribution is 5.71. The van der Waals surface area contributed by atoms with Crippen molar-refractivity contribution >= 4 is 17.9 Å². The molecule has 0 saturated heterocycles. The molecule has 0 heterocycles. The number of unbranched alkanes of at least 4 members (excludes halogenated alkanes) is 18. The van der Waals surface area contributed by atoms with E-state index in [9.17, 15) is 14.4 Å². The van der Waals surface area contributed by atoms with E-state index in [0.29, 0.717) is 12.8 Å². The molecule has 0 radical (unpaired) electrons. The predicted octanol–water partition coefficient (Wildman–Crippen LogP) is 21.7. The zero-order chi connectivity index (χ0) is 56.4. The standard InChI is InChI=1S/C72H114O6/c1-4-7-10-13-16-19-22-25-28-31-33-35-36-38-39-41-44-47-50-53-56-59-62-65-71(74)77-68-69(67-76-70(73)64-61-58-55-52-49-46-43-30-27-24-21-18-15-12-9-6-3)78-72(75)66-63-60-57-54-51-48-45-42-40-37-34-32-29-26-23-20-17-14-11-8-5-2/h7-8,10-11,16-17,19-20,25-26,28-30,33-35,37-39,42-45,47,53,56,69H,4-6,9,12-15,18,21-24,27,31-32,36,40-41,46,48-52,54-55,57-68H2,1-3H3/b10-7-,11-8-,19-16-,20-17-,28-25-,29-26-,35-33-,37-34-,39-38-,43-30-,45-42-,47-44-,56-53-. The fourth-order valence-corrected chi connectivity index (χ4v) is 8.10. The van der Waals surface area contributed by atoms with Crippen molar-refractivity contribution < 1.29 is 28.6 Å². The van der Waals surface area contributed by atoms with Gasteiger partial charge >= 0.3 is 17.9 Å². The molecule has 0 aliphatic carbocycles. The van der Waals surface area contributed by atoms with Crippen molar-refractivity contribution in [1.82, 2.24) is 0 Å². The summed E-state index contributed by atoms with van der Waals surface area (Å²) in [6.07, 6.45) is 93.8. The smallest absolute Gasteiger partial charge is 0.306 e. The first-order valence-electron chi connectivity index (χ1n) is 31.5. The van der Waals surface area contributed by atoms with Crippen LogP contribution in [0.3, 0.4) is 0 Å². The third-order valence-corrected chi connectivity index (χ3v) is 12.7. The Morgan fingerprint density at radius 1 is 0.269 bits per heavy atom. The molecule has 0 amide bonds. The lowest BCUT2D eigenvalue weighted by Gasteiger charge is -2.18. The predicted molar refractivity (Wildman–Crippen MR) is 338 cm³/mol. The Morgan fingerprint density at radius 2 is 0.513 bits per heavy atom. The van der Waals surface area contributed by atoms with Gasteiger partial charge in [0.1, 0.15) is 13.2 Å². The van der Waals surface area contributed by atoms with Gasteiger partial charge in [0, 0.05) is 19.3 Å². The third kappa shape index (κ3) is 61.9. The number of carbonyl (C=O) groups is 3. The summed E-state index contributed by atoms with van der Waals surface area (Å²) in [5.74, 6) is -1.01. The Bertz CT molecular complexity index is 1760. The first kappa shape index (κ1) is 73.0. The van der Waals surface area contributed by atoms with Crippen molar-refractivity contribution in [2.24, 2.45) is 0 Å². The van der Waals surface area contributed by atoms with Crippen LogP contribution in [0.5, 0.6) is 0 Å². The molecule has 0 N–H and O–H groups in total. The lowest BCUT2D eigenvalue weighted by Crippen LogP contribution is -2.30. The van der Waals surface area contributed by atoms with Gasteiger partial charge in [-0.15, -0.1) is 0 Å². The van der Waals surface area contributed by atoms with E-state index in [0.717, 1.165) is 154 Å². The Kier molecular flexibility index (Phi) is 60.4. The minimum Gasteiger partial charge on any atom is -0.462 e. The van der Waals surface area contributed by atoms with Gasteiger partial charge in [0.25, 0.3) is 0 Å². The van der Waals surface area contributed by atoms with E-state index in [4.69, 9.17) is 14.2 Å². The molecule has 0 aliphatic heterocycles. The molecule has 6 heteroatoms. The summed E-state index contributed by atoms with van der Waals surface area (Å²) in [4.78, 5) is 38.3. The number of hydrogen-bond donors (Lipinski definition) is 0. The molecule has 1 unspecified atom stereocenters. The van der Waals surface area contributed by atoms with Gasteiger partial charge in [-0.3, -0.25) is 14.4 Å². The van der Waals surface area contributed by atoms with Gasteiger partial charge in [0.2, 0.25) is 0 Å². The maximum absolute atomic E-state index is 12.9. The molecule has 6 nitrogen and oxygen atoms in total. The summed E-state index contributed by atoms with van der Waals surface area (Å²) in [6, 6.07) is 0. The SMILES string of the molecule is CC/C=C\C/C=C\C/C=C\C/C=C\C/C=C\C/C=C\C/C=C\CCCC(=O)OCC(COC(=O)CCCCCCC/C=C\CCCCCCCCC)OC(=O)CCCCCCC/C=C\C/C=C\C/C=C\C/C=C\C/C=C\CC. The van der Waals surface area contributed by atoms with Gasteiger partial charge in [0.15, 0.2) is 6.10 Å². The maximum Gasteiger partial charge on any atom is 0.306 e. The molecule has 0 rings (SSSR count). The molecule has 0 spiro atoms. The average molecular weight is 1080 g/mol. The largest absolute Gasteiger partial charge is 0.462 e. The topological polar surface area (TPSA) is 78.9 Å². The van der Waals surface area contributed by atoms with Gasteiger partial charge in [-0.25, -0.2) is 0 Å². The monoisotopic (exact) mass is 1070 g/mol. The van der Waals surface area contributed by atoms with E-state index in [1.54, 1.807) is 0 Å². The van der Waals surface area contributed by atoms with Crippen LogP contribution in [0.2, 0.25) is 0 Å². The number of ether oxygens (including phenoxy) is 3. The fraction of sp³-hybridized carbons (Fsp3) is 0.597. The van der Waals surface area contributed by atoms with E-state index in [1.165, 1.54) is 57.8 Å². The highest BCUT2D eigenvalue weighted by Gasteiger charge is 2.19. The second kappa shape index (κ2) is 64.6. The van der Waals surface area contributed by atoms with Crippen LogP contribution >= 0.6 is 0 Å². The molecule has 0 aromatic carbocycles. The number of rotatable bonds is 55. The van der Waals surface area contributed by atoms with Crippen molar-refractivity contribution in [2.45, 2.75) is 264 Å². The summed E-state index contributed by atoms with van der Waals surface area (Å²) >= 11 is 0. The third-order valence-electron chi connectivity index (χ3n) is 12.7. The van der Waals surface area contributed by atoms with Crippen LogP contribution in [0.25, 0.3) is 0 Å². The lowest BCUT2D eigenvalue weighted by atomic mass is 10.1. The van der Waals surface area contributed by atoms with Crippen molar-refractivity contribution in [3.63, 3.8) is 0 Å². The molecular formula is C72H114O6. The van der Waals surface area contributed by atoms with Crippen LogP contribution in [0, 0.1) is 0 Å². The number of carbonyl (C=O) groups excluding carboxylic acids is 3. The molecule has 0 saturated carbocycles. The summed E-state index contributed by atoms with van der Waals surface area (Å²) in [7, 11) is 0. The first-order chi connectivity index (χ1) is 38.5. The Labute approximate surface area is 480 Å². The second-order valence-corrected chi connectivity index (χ2v) is 20.2. The van der Waals surface area contributed by atoms with Gasteiger partial charge in [0.05, 0.1) is 0 Å². The Morgan fingerprint density at radius 3 is 0.846 bits per heavy atom. The van der Waals surface area contributed by atoms with E-state index < -0.39 is 6.10 Å². The van der Waals surface area contributed by atoms with Crippen LogP contribution < -0.4 is 0 Å². The van der Waals surface area contributed by atoms with Gasteiger partial charge < -0.3 is 14.2 Å². The second-order valence-electron chi connectivity index (χ2n) is 20.2. The molecule has 0 aromatic rings. The average Bonchev–Trinajstić information content (AvgIpc) is 3.44. The molecule has 0 fully saturated rings. The zero-order valence-corrected chi connectivity index (χ0v) is 50.1. The van der Waals surface area contributed by atoms with Crippen molar-refractivity contribution in [1.29, 1.82) is 0 Å². The van der Waals surface area contributed by atoms with Crippen LogP contribution in [-0.4, -0.2) is 37.2 Å². The molecular weight excluding hydrogens is 961 g/mol. The van der Waals surface area contributed by atoms with Crippen LogP contribution in [0.4, 0.5) is 0 Å². The van der Waals surface area contributed by atoms with Crippen molar-refractivity contribution in [3.05, 3.63) is 158 Å². The summed E-state index contributed by atoms with van der Waals surface area (Å²) in [5.41, 5.74) is 0. The number of hydrogen-bond acceptors (Lipinski definition) is 6. The molecule has 438 valence electrons. The van der Waals surface area contributed by atoms with E-state index in [2.05, 4.69) is 179 Å². The number of allylic oxidation sites excluding steroid dienone is 26. The van der Waals surface area contributed by atoms with Crippen molar-refractivity contribution in [2.75, 3.05) is 13.2 Å². The van der Waals surface area contributed by atoms with E-state index in [1.807, 2.05) is 0 Å². The van der Waals surface area contributed by atoms with Gasteiger partial charge in [-0.05, 0) is 141 Å². The molecule has 0 aliphatic rings. The van der Waals surface area contributed by atoms with E-state index >= 15 is 0 Å². The zero-order valence-electron chi connectivity index (χ0n) is 50.1. The maximum atomic E-state index is 12.9. The first-order valence-corrected chi connectivity index (χ1v) is 31.5. The van der Waals surface area contributed by atoms with E-state index in [-0.39, 0.29) is 44.0 Å². The summed E-state index contributed by atoms with van der Waals surface area (Å²) in [5, 5.41) is 0. The van der Waals surface area contributed by atoms with Gasteiger partial charge in [-0.2, -0.15) is 0 Å². The molecule has 78 heavy (non-hydrogen) atoms. The summed E-state index contributed by atoms with van der Waals surface area (Å²) in [6.45, 7) is 6.34. The minimum absolute atomic E-state index is 0.115. The Balaban J connectivity index is 4.57. The molecule has 1 atom stereocenters. The highest BCUT2D eigenvalue weighted by Crippen LogP contribution is 2.13. The van der Waals surface area contributed by atoms with Gasteiger partial charge in [-0.1, -0.05) is 256 Å². The van der Waals surface area contributed by atoms with Crippen molar-refractivity contribution in [3.8, 4) is 0 Å². The minimum atomic E-state index is -0.825. The number of esters is 3. The summed E-state index contributed by atoms with van der Waals surface area (Å²) < 4.78 is 16.9. The fourth-order valence-electron chi connectivity index (χ4n) is 8.10.